The number of ether oxygens (including phenoxy) is 1. The summed E-state index contributed by atoms with van der Waals surface area (Å²) in [6, 6.07) is 14.1. The van der Waals surface area contributed by atoms with E-state index in [1.54, 1.807) is 47.8 Å². The molecule has 3 aromatic carbocycles. The number of fused-ring (bicyclic) bond motifs is 3. The molecule has 12 rings (SSSR count). The highest BCUT2D eigenvalue weighted by Crippen LogP contribution is 2.56. The van der Waals surface area contributed by atoms with Crippen molar-refractivity contribution in [3.63, 3.8) is 0 Å². The molecule has 0 spiro atoms. The zero-order valence-electron chi connectivity index (χ0n) is 38.6. The third kappa shape index (κ3) is 6.27. The number of aryl methyl sites for hydroxylation is 2. The second kappa shape index (κ2) is 14.8. The van der Waals surface area contributed by atoms with E-state index in [9.17, 15) is 13.8 Å². The molecular weight excluding hydrogens is 893 g/mol. The van der Waals surface area contributed by atoms with Gasteiger partial charge in [0, 0.05) is 59.2 Å². The maximum absolute atomic E-state index is 16.5. The van der Waals surface area contributed by atoms with Crippen LogP contribution in [-0.4, -0.2) is 72.6 Å². The normalized spacial score (nSPS) is 25.1. The van der Waals surface area contributed by atoms with Gasteiger partial charge >= 0.3 is 11.4 Å². The lowest BCUT2D eigenvalue weighted by Gasteiger charge is -2.35. The molecule has 3 fully saturated rings. The Hall–Kier alpha value is -6.40. The van der Waals surface area contributed by atoms with Crippen LogP contribution in [0.25, 0.3) is 28.1 Å². The highest BCUT2D eigenvalue weighted by atomic mass is 32.2. The first kappa shape index (κ1) is 42.9. The summed E-state index contributed by atoms with van der Waals surface area (Å²) in [4.78, 5) is 47.9. The number of amides is 1. The Morgan fingerprint density at radius 2 is 1.69 bits per heavy atom. The zero-order valence-corrected chi connectivity index (χ0v) is 39.5. The van der Waals surface area contributed by atoms with Crippen LogP contribution < -0.4 is 11.4 Å². The van der Waals surface area contributed by atoms with Crippen LogP contribution in [-0.2, 0) is 33.0 Å². The minimum absolute atomic E-state index is 0.00591. The molecule has 15 nitrogen and oxygen atoms in total. The number of nitrogens with zero attached hydrogens (tertiary/aromatic N) is 8. The van der Waals surface area contributed by atoms with Crippen LogP contribution in [0.15, 0.2) is 84.3 Å². The fraction of sp³-hybridized carbons (Fsp3) is 0.420. The second-order valence-electron chi connectivity index (χ2n) is 20.1. The quantitative estimate of drug-likeness (QED) is 0.160. The smallest absolute Gasteiger partial charge is 0.376 e. The van der Waals surface area contributed by atoms with E-state index < -0.39 is 38.6 Å². The molecular formula is C50H51F2N9O6S. The number of halogens is 2. The summed E-state index contributed by atoms with van der Waals surface area (Å²) in [5.41, 5.74) is 3.38. The molecule has 1 saturated heterocycles. The third-order valence-electron chi connectivity index (χ3n) is 15.3. The first-order chi connectivity index (χ1) is 32.5. The van der Waals surface area contributed by atoms with Gasteiger partial charge in [-0.25, -0.2) is 31.6 Å². The minimum atomic E-state index is -2.72. The first-order valence-corrected chi connectivity index (χ1v) is 25.0. The van der Waals surface area contributed by atoms with Gasteiger partial charge in [0.1, 0.15) is 22.9 Å². The van der Waals surface area contributed by atoms with Crippen molar-refractivity contribution >= 4 is 26.5 Å². The van der Waals surface area contributed by atoms with Crippen LogP contribution in [0.3, 0.4) is 0 Å². The Morgan fingerprint density at radius 1 is 0.941 bits per heavy atom. The summed E-state index contributed by atoms with van der Waals surface area (Å²) in [5, 5.41) is 10.0. The lowest BCUT2D eigenvalue weighted by atomic mass is 9.83. The number of hydrogen-bond acceptors (Lipinski definition) is 9. The van der Waals surface area contributed by atoms with E-state index in [-0.39, 0.29) is 58.8 Å². The van der Waals surface area contributed by atoms with Crippen molar-refractivity contribution in [2.24, 2.45) is 10.3 Å². The van der Waals surface area contributed by atoms with Crippen molar-refractivity contribution in [1.29, 1.82) is 0 Å². The molecule has 7 heterocycles. The molecule has 1 N–H and O–H groups in total. The van der Waals surface area contributed by atoms with Gasteiger partial charge in [0.05, 0.1) is 49.9 Å². The zero-order chi connectivity index (χ0) is 47.3. The van der Waals surface area contributed by atoms with Crippen LogP contribution in [0.2, 0.25) is 0 Å². The first-order valence-electron chi connectivity index (χ1n) is 23.4. The van der Waals surface area contributed by atoms with E-state index in [0.29, 0.717) is 69.8 Å². The number of rotatable bonds is 8. The van der Waals surface area contributed by atoms with E-state index in [4.69, 9.17) is 14.4 Å². The van der Waals surface area contributed by atoms with E-state index in [1.807, 2.05) is 17.6 Å². The molecule has 0 unspecified atom stereocenters. The Balaban J connectivity index is 0.989. The van der Waals surface area contributed by atoms with Crippen molar-refractivity contribution in [3.8, 4) is 17.2 Å². The number of nitrogens with one attached hydrogen (secondary N) is 1. The Labute approximate surface area is 389 Å². The fourth-order valence-corrected chi connectivity index (χ4v) is 14.1. The SMILES string of the molecule is Cc1cc(-n2nc3c(c2-n2ccn(-c4ccc5c(c4F)CN=[S@@]5(=O)C4CC4)c2=O)[C@H](C)N(C(=O)c2cc4cc([C@H]5CCOC(C)(C)C5)ccc4n2[C@@]2(c4noc(=O)[nH]4)C[C@@H]2C)CC3)cc(C)c1F. The van der Waals surface area contributed by atoms with Gasteiger partial charge in [-0.1, -0.05) is 18.1 Å². The number of aromatic amines is 1. The highest BCUT2D eigenvalue weighted by Gasteiger charge is 2.59. The topological polar surface area (TPSA) is 168 Å². The molecule has 1 amide bonds. The monoisotopic (exact) mass is 943 g/mol. The fourth-order valence-electron chi connectivity index (χ4n) is 11.5. The van der Waals surface area contributed by atoms with E-state index in [1.165, 1.54) is 21.4 Å². The standard InChI is InChI=1S/C50H51F2N9O6S/c1-26-19-33(20-27(2)42(26)51)61-44(59-17-16-58(48(59)64)38-11-12-40-35(43(38)52)25-53-68(40,65)34-8-9-34)41-29(4)57(15-13-36(41)55-61)45(62)39-22-32-21-30(31-14-18-66-49(5,6)24-31)7-10-37(32)60(39)50(23-28(50)3)46-54-47(63)67-56-46/h7,10-12,16-17,19-22,28-29,31,34H,8-9,13-15,18,23-25H2,1-6H3,(H,54,56,63)/t28-,29-,31-,50-,68+/m0/s1. The molecule has 0 radical (unpaired) electrons. The van der Waals surface area contributed by atoms with Crippen LogP contribution in [0.4, 0.5) is 8.78 Å². The summed E-state index contributed by atoms with van der Waals surface area (Å²) >= 11 is 0. The number of imidazole rings is 1. The number of carbonyl (C=O) groups is 1. The molecule has 2 saturated carbocycles. The van der Waals surface area contributed by atoms with Crippen LogP contribution >= 0.6 is 0 Å². The van der Waals surface area contributed by atoms with Crippen molar-refractivity contribution < 1.29 is 27.0 Å². The van der Waals surface area contributed by atoms with Crippen molar-refractivity contribution in [3.05, 3.63) is 139 Å². The van der Waals surface area contributed by atoms with Crippen molar-refractivity contribution in [2.45, 2.75) is 120 Å². The van der Waals surface area contributed by atoms with Crippen LogP contribution in [0.1, 0.15) is 122 Å². The molecule has 5 atom stereocenters. The van der Waals surface area contributed by atoms with Gasteiger partial charge in [-0.05, 0) is 138 Å². The summed E-state index contributed by atoms with van der Waals surface area (Å²) in [7, 11) is -2.72. The van der Waals surface area contributed by atoms with Gasteiger partial charge in [-0.2, -0.15) is 5.10 Å². The molecule has 5 aliphatic rings. The Morgan fingerprint density at radius 3 is 2.38 bits per heavy atom. The number of H-pyrrole nitrogens is 1. The molecule has 352 valence electrons. The summed E-state index contributed by atoms with van der Waals surface area (Å²) in [6.45, 7) is 12.4. The molecule has 18 heteroatoms. The third-order valence-corrected chi connectivity index (χ3v) is 18.2. The number of aromatic nitrogens is 7. The van der Waals surface area contributed by atoms with Crippen LogP contribution in [0, 0.1) is 31.4 Å². The molecule has 0 bridgehead atoms. The van der Waals surface area contributed by atoms with Gasteiger partial charge in [-0.3, -0.25) is 23.4 Å². The van der Waals surface area contributed by atoms with Gasteiger partial charge in [0.25, 0.3) is 5.91 Å². The van der Waals surface area contributed by atoms with Gasteiger partial charge in [-0.15, -0.1) is 0 Å². The average Bonchev–Trinajstić information content (AvgIpc) is 3.93. The number of benzene rings is 3. The second-order valence-corrected chi connectivity index (χ2v) is 22.6. The maximum Gasteiger partial charge on any atom is 0.438 e. The summed E-state index contributed by atoms with van der Waals surface area (Å²) < 4.78 is 67.2. The lowest BCUT2D eigenvalue weighted by molar-refractivity contribution is -0.0592. The molecule has 3 aliphatic heterocycles. The predicted octanol–water partition coefficient (Wildman–Crippen LogP) is 8.06. The lowest BCUT2D eigenvalue weighted by Crippen LogP contribution is -2.41. The summed E-state index contributed by atoms with van der Waals surface area (Å²) in [6.07, 6.45) is 7.24. The highest BCUT2D eigenvalue weighted by molar-refractivity contribution is 7.94. The summed E-state index contributed by atoms with van der Waals surface area (Å²) in [5.74, 6) is -1.06. The average molecular weight is 944 g/mol. The minimum Gasteiger partial charge on any atom is -0.376 e. The molecule has 7 aromatic rings. The van der Waals surface area contributed by atoms with Gasteiger partial charge in [0.2, 0.25) is 0 Å². The maximum atomic E-state index is 16.5. The van der Waals surface area contributed by atoms with Crippen molar-refractivity contribution in [2.75, 3.05) is 13.2 Å². The van der Waals surface area contributed by atoms with E-state index in [0.717, 1.165) is 42.1 Å². The van der Waals surface area contributed by atoms with E-state index in [2.05, 4.69) is 53.5 Å². The molecule has 2 aliphatic carbocycles. The number of hydrogen-bond donors (Lipinski definition) is 1. The number of carbonyl (C=O) groups excluding carboxylic acids is 1. The molecule has 4 aromatic heterocycles. The van der Waals surface area contributed by atoms with Gasteiger partial charge < -0.3 is 14.2 Å². The Kier molecular flexibility index (Phi) is 9.34. The van der Waals surface area contributed by atoms with E-state index >= 15 is 13.6 Å². The van der Waals surface area contributed by atoms with Gasteiger partial charge in [0.15, 0.2) is 11.6 Å². The predicted molar refractivity (Wildman–Crippen MR) is 249 cm³/mol. The van der Waals surface area contributed by atoms with Crippen molar-refractivity contribution in [1.82, 2.24) is 38.5 Å². The van der Waals surface area contributed by atoms with Crippen LogP contribution in [0.5, 0.6) is 0 Å². The largest absolute Gasteiger partial charge is 0.438 e. The Bertz CT molecular complexity index is 3540. The molecule has 68 heavy (non-hydrogen) atoms.